The second-order valence-corrected chi connectivity index (χ2v) is 6.55. The Morgan fingerprint density at radius 1 is 1.38 bits per heavy atom. The molecule has 1 N–H and O–H groups in total. The van der Waals surface area contributed by atoms with Crippen LogP contribution in [0.5, 0.6) is 0 Å². The van der Waals surface area contributed by atoms with Crippen LogP contribution >= 0.6 is 11.3 Å². The molecule has 1 fully saturated rings. The van der Waals surface area contributed by atoms with Crippen LogP contribution < -0.4 is 0 Å². The number of aliphatic carboxylic acids is 1. The van der Waals surface area contributed by atoms with E-state index >= 15 is 0 Å². The zero-order chi connectivity index (χ0) is 15.4. The first-order valence-electron chi connectivity index (χ1n) is 7.14. The third-order valence-corrected chi connectivity index (χ3v) is 4.59. The molecule has 1 aliphatic heterocycles. The molecule has 1 saturated heterocycles. The zero-order valence-corrected chi connectivity index (χ0v) is 13.1. The molecule has 2 rings (SSSR count). The van der Waals surface area contributed by atoms with Crippen molar-refractivity contribution in [3.05, 3.63) is 22.4 Å². The van der Waals surface area contributed by atoms with Crippen molar-refractivity contribution in [3.8, 4) is 0 Å². The number of carbonyl (C=O) groups excluding carboxylic acids is 1. The second-order valence-electron chi connectivity index (χ2n) is 5.57. The van der Waals surface area contributed by atoms with Gasteiger partial charge in [-0.1, -0.05) is 6.07 Å². The van der Waals surface area contributed by atoms with Gasteiger partial charge in [-0.05, 0) is 25.3 Å². The largest absolute Gasteiger partial charge is 0.481 e. The molecule has 21 heavy (non-hydrogen) atoms. The zero-order valence-electron chi connectivity index (χ0n) is 12.3. The van der Waals surface area contributed by atoms with Crippen LogP contribution in [-0.2, 0) is 14.3 Å². The summed E-state index contributed by atoms with van der Waals surface area (Å²) in [7, 11) is 0. The van der Waals surface area contributed by atoms with Crippen molar-refractivity contribution in [1.29, 1.82) is 0 Å². The Labute approximate surface area is 128 Å². The molecule has 2 heterocycles. The Kier molecular flexibility index (Phi) is 5.36. The molecule has 1 aliphatic rings. The molecule has 6 heteroatoms. The van der Waals surface area contributed by atoms with Gasteiger partial charge in [0, 0.05) is 30.3 Å². The molecule has 0 bridgehead atoms. The van der Waals surface area contributed by atoms with Crippen molar-refractivity contribution >= 4 is 23.2 Å². The fourth-order valence-corrected chi connectivity index (χ4v) is 3.56. The van der Waals surface area contributed by atoms with Gasteiger partial charge in [0.2, 0.25) is 5.91 Å². The van der Waals surface area contributed by atoms with E-state index in [0.29, 0.717) is 13.1 Å². The molecule has 1 aromatic heterocycles. The van der Waals surface area contributed by atoms with E-state index in [9.17, 15) is 9.59 Å². The SMILES string of the molecule is C[C@@H]1CN(C(=O)C[C@H](CC(=O)O)c2cccs2)C[C@@H](C)O1. The van der Waals surface area contributed by atoms with Gasteiger partial charge in [-0.15, -0.1) is 11.3 Å². The molecular weight excluding hydrogens is 290 g/mol. The van der Waals surface area contributed by atoms with Gasteiger partial charge in [-0.3, -0.25) is 9.59 Å². The minimum Gasteiger partial charge on any atom is -0.481 e. The quantitative estimate of drug-likeness (QED) is 0.906. The van der Waals surface area contributed by atoms with E-state index in [-0.39, 0.29) is 36.9 Å². The van der Waals surface area contributed by atoms with E-state index < -0.39 is 5.97 Å². The number of carboxylic acids is 1. The van der Waals surface area contributed by atoms with Gasteiger partial charge in [-0.25, -0.2) is 0 Å². The van der Waals surface area contributed by atoms with Crippen LogP contribution in [0.2, 0.25) is 0 Å². The summed E-state index contributed by atoms with van der Waals surface area (Å²) in [5, 5.41) is 11.0. The second kappa shape index (κ2) is 7.04. The molecule has 0 spiro atoms. The van der Waals surface area contributed by atoms with Gasteiger partial charge in [0.15, 0.2) is 0 Å². The number of amides is 1. The lowest BCUT2D eigenvalue weighted by Crippen LogP contribution is -2.48. The van der Waals surface area contributed by atoms with E-state index in [1.54, 1.807) is 4.90 Å². The molecule has 5 nitrogen and oxygen atoms in total. The number of carboxylic acid groups (broad SMARTS) is 1. The summed E-state index contributed by atoms with van der Waals surface area (Å²) < 4.78 is 5.62. The van der Waals surface area contributed by atoms with Crippen LogP contribution in [-0.4, -0.2) is 47.2 Å². The number of nitrogens with zero attached hydrogens (tertiary/aromatic N) is 1. The van der Waals surface area contributed by atoms with Crippen molar-refractivity contribution < 1.29 is 19.4 Å². The molecule has 1 amide bonds. The molecule has 1 aromatic rings. The predicted octanol–water partition coefficient (Wildman–Crippen LogP) is 2.33. The molecule has 116 valence electrons. The highest BCUT2D eigenvalue weighted by molar-refractivity contribution is 7.10. The number of carbonyl (C=O) groups is 2. The number of hydrogen-bond acceptors (Lipinski definition) is 4. The molecule has 0 saturated carbocycles. The van der Waals surface area contributed by atoms with Gasteiger partial charge < -0.3 is 14.7 Å². The average molecular weight is 311 g/mol. The summed E-state index contributed by atoms with van der Waals surface area (Å²) in [5.41, 5.74) is 0. The Bertz CT molecular complexity index is 478. The van der Waals surface area contributed by atoms with Gasteiger partial charge in [0.05, 0.1) is 18.6 Å². The van der Waals surface area contributed by atoms with E-state index in [2.05, 4.69) is 0 Å². The fourth-order valence-electron chi connectivity index (χ4n) is 2.73. The predicted molar refractivity (Wildman–Crippen MR) is 80.5 cm³/mol. The smallest absolute Gasteiger partial charge is 0.304 e. The summed E-state index contributed by atoms with van der Waals surface area (Å²) in [5.74, 6) is -1.11. The Balaban J connectivity index is 2.02. The molecule has 3 atom stereocenters. The van der Waals surface area contributed by atoms with Crippen LogP contribution in [0.25, 0.3) is 0 Å². The lowest BCUT2D eigenvalue weighted by molar-refractivity contribution is -0.144. The number of hydrogen-bond donors (Lipinski definition) is 1. The summed E-state index contributed by atoms with van der Waals surface area (Å²) in [6.07, 6.45) is 0.281. The van der Waals surface area contributed by atoms with Crippen molar-refractivity contribution in [1.82, 2.24) is 4.90 Å². The van der Waals surface area contributed by atoms with Gasteiger partial charge in [-0.2, -0.15) is 0 Å². The maximum absolute atomic E-state index is 12.5. The van der Waals surface area contributed by atoms with Gasteiger partial charge in [0.1, 0.15) is 0 Å². The van der Waals surface area contributed by atoms with Crippen molar-refractivity contribution in [3.63, 3.8) is 0 Å². The minimum atomic E-state index is -0.870. The first-order valence-corrected chi connectivity index (χ1v) is 8.02. The highest BCUT2D eigenvalue weighted by atomic mass is 32.1. The number of morpholine rings is 1. The Hall–Kier alpha value is -1.40. The first kappa shape index (κ1) is 16.0. The van der Waals surface area contributed by atoms with Crippen LogP contribution in [0.3, 0.4) is 0 Å². The van der Waals surface area contributed by atoms with E-state index in [0.717, 1.165) is 4.88 Å². The third-order valence-electron chi connectivity index (χ3n) is 3.56. The highest BCUT2D eigenvalue weighted by Gasteiger charge is 2.28. The van der Waals surface area contributed by atoms with Gasteiger partial charge >= 0.3 is 5.97 Å². The summed E-state index contributed by atoms with van der Waals surface area (Å²) in [6.45, 7) is 5.05. The Morgan fingerprint density at radius 2 is 2.05 bits per heavy atom. The summed E-state index contributed by atoms with van der Waals surface area (Å²) in [6, 6.07) is 3.79. The standard InChI is InChI=1S/C15H21NO4S/c1-10-8-16(9-11(2)20-10)14(17)6-12(7-15(18)19)13-4-3-5-21-13/h3-5,10-12H,6-9H2,1-2H3,(H,18,19)/t10-,11-,12-/m1/s1. The molecule has 0 unspecified atom stereocenters. The van der Waals surface area contributed by atoms with Crippen molar-refractivity contribution in [2.45, 2.75) is 44.8 Å². The monoisotopic (exact) mass is 311 g/mol. The molecular formula is C15H21NO4S. The van der Waals surface area contributed by atoms with Crippen molar-refractivity contribution in [2.24, 2.45) is 0 Å². The van der Waals surface area contributed by atoms with Gasteiger partial charge in [0.25, 0.3) is 0 Å². The molecule has 0 aromatic carbocycles. The third kappa shape index (κ3) is 4.54. The first-order chi connectivity index (χ1) is 9.95. The lowest BCUT2D eigenvalue weighted by atomic mass is 9.98. The normalized spacial score (nSPS) is 23.8. The maximum Gasteiger partial charge on any atom is 0.304 e. The molecule has 0 radical (unpaired) electrons. The van der Waals surface area contributed by atoms with Crippen LogP contribution in [0.1, 0.15) is 37.5 Å². The van der Waals surface area contributed by atoms with E-state index in [1.165, 1.54) is 11.3 Å². The van der Waals surface area contributed by atoms with Crippen LogP contribution in [0.4, 0.5) is 0 Å². The van der Waals surface area contributed by atoms with E-state index in [1.807, 2.05) is 31.4 Å². The van der Waals surface area contributed by atoms with Crippen LogP contribution in [0, 0.1) is 0 Å². The van der Waals surface area contributed by atoms with Crippen LogP contribution in [0.15, 0.2) is 17.5 Å². The fraction of sp³-hybridized carbons (Fsp3) is 0.600. The minimum absolute atomic E-state index is 0.0108. The number of ether oxygens (including phenoxy) is 1. The lowest BCUT2D eigenvalue weighted by Gasteiger charge is -2.36. The average Bonchev–Trinajstić information content (AvgIpc) is 2.89. The molecule has 0 aliphatic carbocycles. The van der Waals surface area contributed by atoms with Crippen molar-refractivity contribution in [2.75, 3.05) is 13.1 Å². The topological polar surface area (TPSA) is 66.8 Å². The van der Waals surface area contributed by atoms with E-state index in [4.69, 9.17) is 9.84 Å². The number of thiophene rings is 1. The number of rotatable bonds is 5. The summed E-state index contributed by atoms with van der Waals surface area (Å²) in [4.78, 5) is 26.2. The summed E-state index contributed by atoms with van der Waals surface area (Å²) >= 11 is 1.50. The maximum atomic E-state index is 12.5. The Morgan fingerprint density at radius 3 is 2.57 bits per heavy atom. The highest BCUT2D eigenvalue weighted by Crippen LogP contribution is 2.29.